The van der Waals surface area contributed by atoms with Crippen LogP contribution >= 0.6 is 11.6 Å². The molecule has 0 aliphatic heterocycles. The summed E-state index contributed by atoms with van der Waals surface area (Å²) < 4.78 is 13.9. The summed E-state index contributed by atoms with van der Waals surface area (Å²) in [5, 5.41) is 14.7. The first kappa shape index (κ1) is 16.6. The van der Waals surface area contributed by atoms with Crippen molar-refractivity contribution in [3.05, 3.63) is 35.1 Å². The van der Waals surface area contributed by atoms with Crippen LogP contribution in [-0.2, 0) is 4.74 Å². The Morgan fingerprint density at radius 1 is 0.905 bits per heavy atom. The zero-order chi connectivity index (χ0) is 15.7. The highest BCUT2D eigenvalue weighted by Crippen LogP contribution is 2.06. The third-order valence-corrected chi connectivity index (χ3v) is 2.26. The standard InChI is InChI=1S/C7H8N2O3.C5H5ClN2O/c1-11-6-4-3-5(8-9-6)7(10)12-2;1-9-5-3-2-4(6)7-8-5/h3-4H,1-2H3;2-3H,1H3. The zero-order valence-electron chi connectivity index (χ0n) is 11.6. The summed E-state index contributed by atoms with van der Waals surface area (Å²) in [7, 11) is 4.29. The van der Waals surface area contributed by atoms with Crippen LogP contribution in [0, 0.1) is 0 Å². The zero-order valence-corrected chi connectivity index (χ0v) is 12.4. The van der Waals surface area contributed by atoms with Crippen LogP contribution in [-0.4, -0.2) is 47.7 Å². The number of nitrogens with zero attached hydrogens (tertiary/aromatic N) is 4. The van der Waals surface area contributed by atoms with E-state index in [1.807, 2.05) is 0 Å². The van der Waals surface area contributed by atoms with E-state index in [9.17, 15) is 4.79 Å². The molecule has 0 saturated carbocycles. The molecule has 0 aromatic carbocycles. The van der Waals surface area contributed by atoms with Gasteiger partial charge in [0, 0.05) is 12.1 Å². The van der Waals surface area contributed by atoms with Gasteiger partial charge in [-0.05, 0) is 12.1 Å². The van der Waals surface area contributed by atoms with E-state index >= 15 is 0 Å². The second-order valence-corrected chi connectivity index (χ2v) is 3.74. The maximum Gasteiger partial charge on any atom is 0.358 e. The predicted molar refractivity (Wildman–Crippen MR) is 73.5 cm³/mol. The average molecular weight is 313 g/mol. The molecule has 8 nitrogen and oxygen atoms in total. The van der Waals surface area contributed by atoms with Gasteiger partial charge in [-0.3, -0.25) is 0 Å². The molecule has 2 aromatic rings. The van der Waals surface area contributed by atoms with Crippen LogP contribution in [0.25, 0.3) is 0 Å². The van der Waals surface area contributed by atoms with Gasteiger partial charge in [-0.2, -0.15) is 0 Å². The van der Waals surface area contributed by atoms with Crippen molar-refractivity contribution in [3.63, 3.8) is 0 Å². The summed E-state index contributed by atoms with van der Waals surface area (Å²) in [5.74, 6) is 0.326. The molecule has 0 fully saturated rings. The highest BCUT2D eigenvalue weighted by Gasteiger charge is 2.06. The first-order valence-electron chi connectivity index (χ1n) is 5.60. The molecule has 0 aliphatic carbocycles. The summed E-state index contributed by atoms with van der Waals surface area (Å²) in [6.07, 6.45) is 0. The third kappa shape index (κ3) is 5.57. The largest absolute Gasteiger partial charge is 0.480 e. The molecule has 2 aromatic heterocycles. The Morgan fingerprint density at radius 3 is 1.86 bits per heavy atom. The van der Waals surface area contributed by atoms with Gasteiger partial charge in [-0.25, -0.2) is 4.79 Å². The molecule has 0 unspecified atom stereocenters. The lowest BCUT2D eigenvalue weighted by atomic mass is 10.4. The van der Waals surface area contributed by atoms with Gasteiger partial charge >= 0.3 is 5.97 Å². The number of aromatic nitrogens is 4. The minimum absolute atomic E-state index is 0.165. The molecule has 0 N–H and O–H groups in total. The van der Waals surface area contributed by atoms with Crippen LogP contribution in [0.4, 0.5) is 0 Å². The summed E-state index contributed by atoms with van der Waals surface area (Å²) in [4.78, 5) is 10.8. The van der Waals surface area contributed by atoms with Gasteiger partial charge in [0.15, 0.2) is 10.8 Å². The molecule has 0 amide bonds. The van der Waals surface area contributed by atoms with Crippen LogP contribution in [0.15, 0.2) is 24.3 Å². The van der Waals surface area contributed by atoms with Crippen molar-refractivity contribution in [2.24, 2.45) is 0 Å². The minimum Gasteiger partial charge on any atom is -0.480 e. The Bertz CT molecular complexity index is 562. The number of halogens is 1. The Hall–Kier alpha value is -2.48. The van der Waals surface area contributed by atoms with Crippen molar-refractivity contribution in [2.75, 3.05) is 21.3 Å². The van der Waals surface area contributed by atoms with Gasteiger partial charge in [-0.1, -0.05) is 11.6 Å². The molecule has 9 heteroatoms. The second kappa shape index (κ2) is 8.64. The van der Waals surface area contributed by atoms with Gasteiger partial charge in [-0.15, -0.1) is 20.4 Å². The molecule has 0 atom stereocenters. The lowest BCUT2D eigenvalue weighted by Gasteiger charge is -1.98. The lowest BCUT2D eigenvalue weighted by Crippen LogP contribution is -2.05. The van der Waals surface area contributed by atoms with Gasteiger partial charge in [0.2, 0.25) is 11.8 Å². The molecule has 0 saturated heterocycles. The SMILES string of the molecule is COC(=O)c1ccc(OC)nn1.COc1ccc(Cl)nn1. The molecule has 0 aliphatic rings. The first-order valence-corrected chi connectivity index (χ1v) is 5.97. The van der Waals surface area contributed by atoms with E-state index in [0.29, 0.717) is 16.9 Å². The normalized spacial score (nSPS) is 9.14. The molecule has 112 valence electrons. The van der Waals surface area contributed by atoms with E-state index in [-0.39, 0.29) is 5.69 Å². The average Bonchev–Trinajstić information content (AvgIpc) is 2.55. The summed E-state index contributed by atoms with van der Waals surface area (Å²) in [5.41, 5.74) is 0.165. The van der Waals surface area contributed by atoms with E-state index in [1.54, 1.807) is 18.2 Å². The van der Waals surface area contributed by atoms with Crippen LogP contribution in [0.5, 0.6) is 11.8 Å². The number of hydrogen-bond acceptors (Lipinski definition) is 8. The third-order valence-electron chi connectivity index (χ3n) is 2.06. The van der Waals surface area contributed by atoms with Crippen molar-refractivity contribution >= 4 is 17.6 Å². The highest BCUT2D eigenvalue weighted by atomic mass is 35.5. The van der Waals surface area contributed by atoms with Crippen molar-refractivity contribution in [1.29, 1.82) is 0 Å². The topological polar surface area (TPSA) is 96.3 Å². The maximum atomic E-state index is 10.8. The molecule has 0 spiro atoms. The summed E-state index contributed by atoms with van der Waals surface area (Å²) in [6.45, 7) is 0. The monoisotopic (exact) mass is 312 g/mol. The number of carbonyl (C=O) groups excluding carboxylic acids is 1. The molecule has 2 heterocycles. The molecular formula is C12H13ClN4O4. The molecule has 21 heavy (non-hydrogen) atoms. The van der Waals surface area contributed by atoms with Gasteiger partial charge < -0.3 is 14.2 Å². The number of ether oxygens (including phenoxy) is 3. The highest BCUT2D eigenvalue weighted by molar-refractivity contribution is 6.29. The number of hydrogen-bond donors (Lipinski definition) is 0. The fraction of sp³-hybridized carbons (Fsp3) is 0.250. The smallest absolute Gasteiger partial charge is 0.358 e. The van der Waals surface area contributed by atoms with Crippen molar-refractivity contribution in [3.8, 4) is 11.8 Å². The van der Waals surface area contributed by atoms with Crippen LogP contribution in [0.1, 0.15) is 10.5 Å². The van der Waals surface area contributed by atoms with Crippen LogP contribution in [0.3, 0.4) is 0 Å². The van der Waals surface area contributed by atoms with E-state index < -0.39 is 5.97 Å². The van der Waals surface area contributed by atoms with Crippen molar-refractivity contribution in [1.82, 2.24) is 20.4 Å². The Kier molecular flexibility index (Phi) is 6.82. The van der Waals surface area contributed by atoms with E-state index in [0.717, 1.165) is 0 Å². The number of esters is 1. The number of carbonyl (C=O) groups is 1. The second-order valence-electron chi connectivity index (χ2n) is 3.35. The fourth-order valence-electron chi connectivity index (χ4n) is 1.05. The molecule has 0 radical (unpaired) electrons. The number of methoxy groups -OCH3 is 3. The van der Waals surface area contributed by atoms with Crippen molar-refractivity contribution in [2.45, 2.75) is 0 Å². The molecule has 0 bridgehead atoms. The quantitative estimate of drug-likeness (QED) is 0.785. The van der Waals surface area contributed by atoms with Crippen LogP contribution in [0.2, 0.25) is 5.15 Å². The van der Waals surface area contributed by atoms with Crippen LogP contribution < -0.4 is 9.47 Å². The van der Waals surface area contributed by atoms with Gasteiger partial charge in [0.25, 0.3) is 0 Å². The molecule has 2 rings (SSSR count). The van der Waals surface area contributed by atoms with E-state index in [1.165, 1.54) is 27.4 Å². The van der Waals surface area contributed by atoms with E-state index in [4.69, 9.17) is 21.1 Å². The number of rotatable bonds is 3. The summed E-state index contributed by atoms with van der Waals surface area (Å²) >= 11 is 5.44. The maximum absolute atomic E-state index is 10.8. The Morgan fingerprint density at radius 2 is 1.48 bits per heavy atom. The Labute approximate surface area is 126 Å². The first-order chi connectivity index (χ1) is 10.1. The van der Waals surface area contributed by atoms with Gasteiger partial charge in [0.05, 0.1) is 21.3 Å². The van der Waals surface area contributed by atoms with E-state index in [2.05, 4.69) is 25.1 Å². The molecular weight excluding hydrogens is 300 g/mol. The lowest BCUT2D eigenvalue weighted by molar-refractivity contribution is 0.0592. The van der Waals surface area contributed by atoms with Gasteiger partial charge in [0.1, 0.15) is 0 Å². The predicted octanol–water partition coefficient (Wildman–Crippen LogP) is 1.41. The summed E-state index contributed by atoms with van der Waals surface area (Å²) in [6, 6.07) is 6.29. The Balaban J connectivity index is 0.000000219. The minimum atomic E-state index is -0.509. The fourth-order valence-corrected chi connectivity index (χ4v) is 1.16. The van der Waals surface area contributed by atoms with Crippen molar-refractivity contribution < 1.29 is 19.0 Å².